The maximum atomic E-state index is 11.7. The molecule has 7 nitrogen and oxygen atoms in total. The molecule has 0 amide bonds. The lowest BCUT2D eigenvalue weighted by Crippen LogP contribution is -1.97. The van der Waals surface area contributed by atoms with Gasteiger partial charge in [0, 0.05) is 10.9 Å². The molecule has 3 aromatic rings. The maximum Gasteiger partial charge on any atom is 0.294 e. The second-order valence-corrected chi connectivity index (χ2v) is 6.99. The summed E-state index contributed by atoms with van der Waals surface area (Å²) in [6.07, 6.45) is 0. The van der Waals surface area contributed by atoms with Gasteiger partial charge in [0.25, 0.3) is 10.1 Å². The van der Waals surface area contributed by atoms with Gasteiger partial charge in [0.05, 0.1) is 10.6 Å². The fraction of sp³-hybridized carbons (Fsp3) is 0.0556. The lowest BCUT2D eigenvalue weighted by molar-refractivity contribution is 0.101. The molecule has 0 aliphatic rings. The fourth-order valence-corrected chi connectivity index (χ4v) is 3.02. The highest BCUT2D eigenvalue weighted by molar-refractivity contribution is 7.85. The van der Waals surface area contributed by atoms with Gasteiger partial charge in [-0.15, -0.1) is 10.2 Å². The minimum absolute atomic E-state index is 0.128. The highest BCUT2D eigenvalue weighted by Crippen LogP contribution is 2.37. The zero-order valence-electron chi connectivity index (χ0n) is 13.6. The Balaban J connectivity index is 2.14. The number of Topliss-reactive ketones (excluding diaryl/α,β-unsaturated/α-hetero) is 1. The van der Waals surface area contributed by atoms with Crippen LogP contribution in [0.2, 0.25) is 0 Å². The van der Waals surface area contributed by atoms with Crippen molar-refractivity contribution in [2.24, 2.45) is 10.2 Å². The summed E-state index contributed by atoms with van der Waals surface area (Å²) in [6, 6.07) is 13.4. The normalized spacial score (nSPS) is 11.9. The van der Waals surface area contributed by atoms with Crippen molar-refractivity contribution in [3.63, 3.8) is 0 Å². The van der Waals surface area contributed by atoms with Gasteiger partial charge >= 0.3 is 0 Å². The van der Waals surface area contributed by atoms with Crippen molar-refractivity contribution in [2.75, 3.05) is 0 Å². The van der Waals surface area contributed by atoms with E-state index in [0.717, 1.165) is 0 Å². The largest absolute Gasteiger partial charge is 0.506 e. The smallest absolute Gasteiger partial charge is 0.294 e. The number of hydrogen-bond donors (Lipinski definition) is 2. The number of benzene rings is 3. The van der Waals surface area contributed by atoms with Crippen LogP contribution < -0.4 is 0 Å². The zero-order chi connectivity index (χ0) is 18.9. The van der Waals surface area contributed by atoms with Crippen LogP contribution in [0.5, 0.6) is 5.75 Å². The fourth-order valence-electron chi connectivity index (χ4n) is 2.51. The summed E-state index contributed by atoms with van der Waals surface area (Å²) in [7, 11) is -4.34. The SMILES string of the molecule is CC(=O)c1ccccc1N=Nc1c(O)ccc2cc(S(=O)(=O)O)ccc12. The molecule has 0 spiro atoms. The third-order valence-electron chi connectivity index (χ3n) is 3.78. The van der Waals surface area contributed by atoms with Gasteiger partial charge in [0.15, 0.2) is 5.78 Å². The Bertz CT molecular complexity index is 1150. The number of aromatic hydroxyl groups is 1. The minimum Gasteiger partial charge on any atom is -0.506 e. The zero-order valence-corrected chi connectivity index (χ0v) is 14.4. The molecule has 26 heavy (non-hydrogen) atoms. The highest BCUT2D eigenvalue weighted by atomic mass is 32.2. The molecular weight excluding hydrogens is 356 g/mol. The summed E-state index contributed by atoms with van der Waals surface area (Å²) in [5.41, 5.74) is 0.873. The molecule has 0 heterocycles. The van der Waals surface area contributed by atoms with E-state index < -0.39 is 10.1 Å². The molecule has 0 bridgehead atoms. The molecule has 0 aliphatic carbocycles. The van der Waals surface area contributed by atoms with E-state index in [9.17, 15) is 18.3 Å². The van der Waals surface area contributed by atoms with Crippen LogP contribution in [0.25, 0.3) is 10.8 Å². The first-order chi connectivity index (χ1) is 12.3. The van der Waals surface area contributed by atoms with Gasteiger partial charge in [-0.1, -0.05) is 24.3 Å². The third kappa shape index (κ3) is 3.46. The number of fused-ring (bicyclic) bond motifs is 1. The topological polar surface area (TPSA) is 116 Å². The number of azo groups is 1. The van der Waals surface area contributed by atoms with Crippen molar-refractivity contribution in [2.45, 2.75) is 11.8 Å². The van der Waals surface area contributed by atoms with Gasteiger partial charge in [0.1, 0.15) is 11.4 Å². The monoisotopic (exact) mass is 370 g/mol. The number of rotatable bonds is 4. The maximum absolute atomic E-state index is 11.7. The first kappa shape index (κ1) is 17.7. The van der Waals surface area contributed by atoms with Crippen LogP contribution in [-0.2, 0) is 10.1 Å². The number of phenolic OH excluding ortho intramolecular Hbond substituents is 1. The van der Waals surface area contributed by atoms with Gasteiger partial charge in [-0.05, 0) is 42.6 Å². The third-order valence-corrected chi connectivity index (χ3v) is 4.63. The van der Waals surface area contributed by atoms with E-state index in [1.807, 2.05) is 0 Å². The van der Waals surface area contributed by atoms with E-state index in [0.29, 0.717) is 22.0 Å². The molecule has 3 rings (SSSR count). The van der Waals surface area contributed by atoms with Gasteiger partial charge < -0.3 is 5.11 Å². The lowest BCUT2D eigenvalue weighted by atomic mass is 10.1. The first-order valence-corrected chi connectivity index (χ1v) is 8.96. The summed E-state index contributed by atoms with van der Waals surface area (Å²) in [5.74, 6) is -0.319. The van der Waals surface area contributed by atoms with Crippen LogP contribution in [0.3, 0.4) is 0 Å². The number of nitrogens with zero attached hydrogens (tertiary/aromatic N) is 2. The molecule has 8 heteroatoms. The Morgan fingerprint density at radius 2 is 1.73 bits per heavy atom. The standard InChI is InChI=1S/C18H14N2O5S/c1-11(21)14-4-2-3-5-16(14)19-20-18-15-8-7-13(26(23,24)25)10-12(15)6-9-17(18)22/h2-10,22H,1H3,(H,23,24,25). The lowest BCUT2D eigenvalue weighted by Gasteiger charge is -2.06. The molecule has 0 radical (unpaired) electrons. The van der Waals surface area contributed by atoms with Crippen LogP contribution in [0, 0.1) is 0 Å². The Morgan fingerprint density at radius 1 is 1.00 bits per heavy atom. The molecule has 0 atom stereocenters. The predicted molar refractivity (Wildman–Crippen MR) is 96.0 cm³/mol. The minimum atomic E-state index is -4.34. The molecule has 0 unspecified atom stereocenters. The first-order valence-electron chi connectivity index (χ1n) is 7.52. The summed E-state index contributed by atoms with van der Waals surface area (Å²) in [5, 5.41) is 19.1. The van der Waals surface area contributed by atoms with E-state index >= 15 is 0 Å². The highest BCUT2D eigenvalue weighted by Gasteiger charge is 2.13. The number of phenols is 1. The van der Waals surface area contributed by atoms with E-state index in [-0.39, 0.29) is 22.1 Å². The van der Waals surface area contributed by atoms with E-state index in [1.165, 1.54) is 37.3 Å². The molecular formula is C18H14N2O5S. The number of carbonyl (C=O) groups is 1. The van der Waals surface area contributed by atoms with Crippen molar-refractivity contribution < 1.29 is 22.9 Å². The average molecular weight is 370 g/mol. The molecule has 3 aromatic carbocycles. The van der Waals surface area contributed by atoms with Crippen LogP contribution in [0.4, 0.5) is 11.4 Å². The van der Waals surface area contributed by atoms with Crippen molar-refractivity contribution in [1.29, 1.82) is 0 Å². The van der Waals surface area contributed by atoms with E-state index in [2.05, 4.69) is 10.2 Å². The Hall–Kier alpha value is -3.10. The summed E-state index contributed by atoms with van der Waals surface area (Å²) < 4.78 is 31.7. The van der Waals surface area contributed by atoms with Crippen molar-refractivity contribution in [3.8, 4) is 5.75 Å². The van der Waals surface area contributed by atoms with Crippen molar-refractivity contribution in [1.82, 2.24) is 0 Å². The number of hydrogen-bond acceptors (Lipinski definition) is 6. The van der Waals surface area contributed by atoms with Gasteiger partial charge in [0.2, 0.25) is 0 Å². The summed E-state index contributed by atoms with van der Waals surface area (Å²) >= 11 is 0. The second kappa shape index (κ2) is 6.66. The quantitative estimate of drug-likeness (QED) is 0.401. The Kier molecular flexibility index (Phi) is 4.54. The molecule has 132 valence electrons. The molecule has 2 N–H and O–H groups in total. The second-order valence-electron chi connectivity index (χ2n) is 5.56. The molecule has 0 saturated carbocycles. The van der Waals surface area contributed by atoms with Crippen molar-refractivity contribution >= 4 is 38.0 Å². The van der Waals surface area contributed by atoms with Crippen LogP contribution >= 0.6 is 0 Å². The van der Waals surface area contributed by atoms with Crippen LogP contribution in [-0.4, -0.2) is 23.9 Å². The number of ketones is 1. The van der Waals surface area contributed by atoms with Crippen LogP contribution in [0.15, 0.2) is 69.7 Å². The summed E-state index contributed by atoms with van der Waals surface area (Å²) in [4.78, 5) is 11.4. The molecule has 0 aliphatic heterocycles. The number of carbonyl (C=O) groups excluding carboxylic acids is 1. The Labute approximate surface area is 149 Å². The van der Waals surface area contributed by atoms with E-state index in [1.54, 1.807) is 24.3 Å². The summed E-state index contributed by atoms with van der Waals surface area (Å²) in [6.45, 7) is 1.42. The van der Waals surface area contributed by atoms with Gasteiger partial charge in [-0.2, -0.15) is 8.42 Å². The van der Waals surface area contributed by atoms with Gasteiger partial charge in [-0.25, -0.2) is 0 Å². The molecule has 0 saturated heterocycles. The molecule has 0 aromatic heterocycles. The van der Waals surface area contributed by atoms with E-state index in [4.69, 9.17) is 4.55 Å². The van der Waals surface area contributed by atoms with Crippen molar-refractivity contribution in [3.05, 3.63) is 60.2 Å². The average Bonchev–Trinajstić information content (AvgIpc) is 2.60. The van der Waals surface area contributed by atoms with Crippen LogP contribution in [0.1, 0.15) is 17.3 Å². The Morgan fingerprint density at radius 3 is 2.42 bits per heavy atom. The molecule has 0 fully saturated rings. The predicted octanol–water partition coefficient (Wildman–Crippen LogP) is 4.41. The van der Waals surface area contributed by atoms with Gasteiger partial charge in [-0.3, -0.25) is 9.35 Å².